The van der Waals surface area contributed by atoms with E-state index in [9.17, 15) is 10.1 Å². The van der Waals surface area contributed by atoms with E-state index in [1.165, 1.54) is 11.1 Å². The van der Waals surface area contributed by atoms with E-state index in [-0.39, 0.29) is 34.6 Å². The quantitative estimate of drug-likeness (QED) is 0.223. The van der Waals surface area contributed by atoms with Crippen molar-refractivity contribution in [3.63, 3.8) is 0 Å². The molecule has 1 aromatic heterocycles. The van der Waals surface area contributed by atoms with Crippen molar-refractivity contribution in [2.45, 2.75) is 13.5 Å². The molecule has 9 heteroatoms. The number of anilines is 1. The molecule has 1 fully saturated rings. The number of hydrogen-bond acceptors (Lipinski definition) is 5. The number of nitro benzene ring substituents is 1. The summed E-state index contributed by atoms with van der Waals surface area (Å²) in [4.78, 5) is 19.9. The number of benzene rings is 1. The summed E-state index contributed by atoms with van der Waals surface area (Å²) in [7, 11) is 0. The van der Waals surface area contributed by atoms with Gasteiger partial charge in [-0.2, -0.15) is 0 Å². The normalized spacial score (nSPS) is 14.6. The van der Waals surface area contributed by atoms with Crippen LogP contribution in [0.4, 0.5) is 10.7 Å². The number of guanidine groups is 1. The number of halogens is 1. The Kier molecular flexibility index (Phi) is 8.29. The Morgan fingerprint density at radius 3 is 2.67 bits per heavy atom. The van der Waals surface area contributed by atoms with Crippen molar-refractivity contribution in [2.24, 2.45) is 4.99 Å². The first-order valence-corrected chi connectivity index (χ1v) is 9.60. The van der Waals surface area contributed by atoms with Crippen LogP contribution in [0.25, 0.3) is 0 Å². The Morgan fingerprint density at radius 2 is 2.04 bits per heavy atom. The molecule has 2 heterocycles. The zero-order chi connectivity index (χ0) is 18.4. The number of thiophene rings is 1. The molecule has 146 valence electrons. The lowest BCUT2D eigenvalue weighted by Crippen LogP contribution is -2.52. The maximum absolute atomic E-state index is 10.9. The van der Waals surface area contributed by atoms with E-state index in [1.807, 2.05) is 13.0 Å². The first-order chi connectivity index (χ1) is 12.7. The molecule has 0 spiro atoms. The van der Waals surface area contributed by atoms with Crippen molar-refractivity contribution in [3.05, 3.63) is 57.5 Å². The smallest absolute Gasteiger partial charge is 0.269 e. The average Bonchev–Trinajstić information content (AvgIpc) is 3.20. The highest BCUT2D eigenvalue weighted by Crippen LogP contribution is 2.22. The van der Waals surface area contributed by atoms with Crippen molar-refractivity contribution >= 4 is 52.0 Å². The van der Waals surface area contributed by atoms with Gasteiger partial charge in [-0.25, -0.2) is 4.99 Å². The molecule has 0 bridgehead atoms. The second kappa shape index (κ2) is 10.5. The van der Waals surface area contributed by atoms with E-state index in [4.69, 9.17) is 0 Å². The van der Waals surface area contributed by atoms with Crippen LogP contribution in [-0.2, 0) is 6.54 Å². The molecular formula is C18H24IN5O2S. The summed E-state index contributed by atoms with van der Waals surface area (Å²) < 4.78 is 0. The third-order valence-corrected chi connectivity index (χ3v) is 5.19. The number of aliphatic imine (C=N–C) groups is 1. The Morgan fingerprint density at radius 1 is 1.26 bits per heavy atom. The molecule has 1 aromatic carbocycles. The van der Waals surface area contributed by atoms with E-state index < -0.39 is 0 Å². The lowest BCUT2D eigenvalue weighted by atomic mass is 10.2. The molecule has 0 radical (unpaired) electrons. The summed E-state index contributed by atoms with van der Waals surface area (Å²) in [6.07, 6.45) is 0. The summed E-state index contributed by atoms with van der Waals surface area (Å²) in [5.74, 6) is 0.866. The van der Waals surface area contributed by atoms with Gasteiger partial charge in [0.25, 0.3) is 5.69 Å². The van der Waals surface area contributed by atoms with Crippen LogP contribution >= 0.6 is 35.3 Å². The minimum absolute atomic E-state index is 0. The highest BCUT2D eigenvalue weighted by atomic mass is 127. The van der Waals surface area contributed by atoms with E-state index in [0.29, 0.717) is 6.54 Å². The van der Waals surface area contributed by atoms with Gasteiger partial charge in [-0.1, -0.05) is 12.1 Å². The Bertz CT molecular complexity index is 761. The van der Waals surface area contributed by atoms with Crippen molar-refractivity contribution < 1.29 is 4.92 Å². The predicted octanol–water partition coefficient (Wildman–Crippen LogP) is 3.56. The van der Waals surface area contributed by atoms with Gasteiger partial charge in [-0.05, 0) is 30.0 Å². The topological polar surface area (TPSA) is 74.0 Å². The standard InChI is InChI=1S/C18H23N5O2S.HI/c1-2-19-18(20-14-15-5-3-6-16(13-15)23(24)25)22-10-8-21(9-11-22)17-7-4-12-26-17;/h3-7,12-13H,2,8-11,14H2,1H3,(H,19,20);1H. The molecule has 1 aliphatic rings. The van der Waals surface area contributed by atoms with E-state index >= 15 is 0 Å². The highest BCUT2D eigenvalue weighted by molar-refractivity contribution is 14.0. The summed E-state index contributed by atoms with van der Waals surface area (Å²) >= 11 is 1.77. The first kappa shape index (κ1) is 21.4. The lowest BCUT2D eigenvalue weighted by Gasteiger charge is -2.37. The fraction of sp³-hybridized carbons (Fsp3) is 0.389. The maximum atomic E-state index is 10.9. The van der Waals surface area contributed by atoms with Crippen molar-refractivity contribution in [2.75, 3.05) is 37.6 Å². The third kappa shape index (κ3) is 5.80. The highest BCUT2D eigenvalue weighted by Gasteiger charge is 2.20. The lowest BCUT2D eigenvalue weighted by molar-refractivity contribution is -0.384. The zero-order valence-electron chi connectivity index (χ0n) is 15.2. The largest absolute Gasteiger partial charge is 0.360 e. The summed E-state index contributed by atoms with van der Waals surface area (Å²) in [5.41, 5.74) is 0.944. The van der Waals surface area contributed by atoms with Crippen molar-refractivity contribution in [1.82, 2.24) is 10.2 Å². The van der Waals surface area contributed by atoms with Crippen LogP contribution in [0.1, 0.15) is 12.5 Å². The average molecular weight is 501 g/mol. The summed E-state index contributed by atoms with van der Waals surface area (Å²) in [6, 6.07) is 10.9. The van der Waals surface area contributed by atoms with Crippen LogP contribution < -0.4 is 10.2 Å². The monoisotopic (exact) mass is 501 g/mol. The number of piperazine rings is 1. The molecule has 0 aliphatic carbocycles. The van der Waals surface area contributed by atoms with Crippen molar-refractivity contribution in [3.8, 4) is 0 Å². The molecule has 3 rings (SSSR count). The van der Waals surface area contributed by atoms with Crippen LogP contribution in [0.15, 0.2) is 46.8 Å². The molecule has 0 amide bonds. The molecule has 1 saturated heterocycles. The molecule has 1 N–H and O–H groups in total. The summed E-state index contributed by atoms with van der Waals surface area (Å²) in [6.45, 7) is 6.99. The van der Waals surface area contributed by atoms with Gasteiger partial charge in [0.15, 0.2) is 5.96 Å². The molecule has 7 nitrogen and oxygen atoms in total. The SMILES string of the molecule is CCNC(=NCc1cccc([N+](=O)[O-])c1)N1CCN(c2cccs2)CC1.I. The molecule has 2 aromatic rings. The van der Waals surface area contributed by atoms with Gasteiger partial charge in [0.2, 0.25) is 0 Å². The Labute approximate surface area is 180 Å². The number of nitrogens with zero attached hydrogens (tertiary/aromatic N) is 4. The molecule has 0 atom stereocenters. The summed E-state index contributed by atoms with van der Waals surface area (Å²) in [5, 5.41) is 17.7. The van der Waals surface area contributed by atoms with Crippen LogP contribution in [0.3, 0.4) is 0 Å². The first-order valence-electron chi connectivity index (χ1n) is 8.72. The van der Waals surface area contributed by atoms with Gasteiger partial charge < -0.3 is 15.1 Å². The van der Waals surface area contributed by atoms with E-state index in [0.717, 1.165) is 44.2 Å². The minimum Gasteiger partial charge on any atom is -0.360 e. The molecule has 27 heavy (non-hydrogen) atoms. The van der Waals surface area contributed by atoms with Gasteiger partial charge >= 0.3 is 0 Å². The number of non-ortho nitro benzene ring substituents is 1. The van der Waals surface area contributed by atoms with Crippen LogP contribution in [-0.4, -0.2) is 48.5 Å². The number of nitro groups is 1. The van der Waals surface area contributed by atoms with E-state index in [1.54, 1.807) is 23.5 Å². The zero-order valence-corrected chi connectivity index (χ0v) is 18.4. The van der Waals surface area contributed by atoms with Crippen LogP contribution in [0, 0.1) is 10.1 Å². The van der Waals surface area contributed by atoms with Crippen LogP contribution in [0.2, 0.25) is 0 Å². The third-order valence-electron chi connectivity index (χ3n) is 4.26. The van der Waals surface area contributed by atoms with Gasteiger partial charge in [0.1, 0.15) is 0 Å². The van der Waals surface area contributed by atoms with Gasteiger partial charge in [0.05, 0.1) is 16.5 Å². The molecule has 1 aliphatic heterocycles. The van der Waals surface area contributed by atoms with Gasteiger partial charge in [-0.15, -0.1) is 35.3 Å². The van der Waals surface area contributed by atoms with Gasteiger partial charge in [0, 0.05) is 44.9 Å². The second-order valence-electron chi connectivity index (χ2n) is 6.02. The van der Waals surface area contributed by atoms with Crippen LogP contribution in [0.5, 0.6) is 0 Å². The fourth-order valence-electron chi connectivity index (χ4n) is 2.95. The Balaban J connectivity index is 0.00000261. The van der Waals surface area contributed by atoms with E-state index in [2.05, 4.69) is 37.6 Å². The Hall–Kier alpha value is -1.88. The number of rotatable bonds is 5. The fourth-order valence-corrected chi connectivity index (χ4v) is 3.73. The maximum Gasteiger partial charge on any atom is 0.269 e. The molecule has 0 saturated carbocycles. The van der Waals surface area contributed by atoms with Crippen molar-refractivity contribution in [1.29, 1.82) is 0 Å². The molecule has 0 unspecified atom stereocenters. The number of hydrogen-bond donors (Lipinski definition) is 1. The second-order valence-corrected chi connectivity index (χ2v) is 6.95. The predicted molar refractivity (Wildman–Crippen MR) is 121 cm³/mol. The number of nitrogens with one attached hydrogen (secondary N) is 1. The minimum atomic E-state index is -0.373. The van der Waals surface area contributed by atoms with Gasteiger partial charge in [-0.3, -0.25) is 10.1 Å². The molecular weight excluding hydrogens is 477 g/mol.